The van der Waals surface area contributed by atoms with Gasteiger partial charge < -0.3 is 29.3 Å². The van der Waals surface area contributed by atoms with Crippen molar-refractivity contribution in [1.82, 2.24) is 4.90 Å². The standard InChI is InChI=1S/C34H49N3O6/c1-7-12-13-21-42-33(41)28-27-18-19-34(43-27)29(28)31(39)37(26(22-38)23(6)9-3)30(34)32(40)36(20-8-2)25-16-14-24(15-17-25)35(10-4)11-5/h7-8,14-17,23,26-30,38H,1-2,9-13,18-22H2,3-6H3/t23-,26-,27-,28+,29-,30?,34?/m0/s1. The molecule has 1 spiro atoms. The summed E-state index contributed by atoms with van der Waals surface area (Å²) in [5.41, 5.74) is 0.564. The highest BCUT2D eigenvalue weighted by molar-refractivity contribution is 6.05. The van der Waals surface area contributed by atoms with Crippen LogP contribution in [0.3, 0.4) is 0 Å². The summed E-state index contributed by atoms with van der Waals surface area (Å²) in [4.78, 5) is 48.1. The Morgan fingerprint density at radius 3 is 2.42 bits per heavy atom. The smallest absolute Gasteiger partial charge is 0.312 e. The minimum Gasteiger partial charge on any atom is -0.465 e. The van der Waals surface area contributed by atoms with Gasteiger partial charge in [0.25, 0.3) is 5.91 Å². The van der Waals surface area contributed by atoms with E-state index in [0.717, 1.165) is 25.2 Å². The maximum absolute atomic E-state index is 14.8. The minimum atomic E-state index is -1.18. The van der Waals surface area contributed by atoms with Crippen LogP contribution in [0.4, 0.5) is 11.4 Å². The van der Waals surface area contributed by atoms with Crippen molar-refractivity contribution in [2.45, 2.75) is 83.6 Å². The van der Waals surface area contributed by atoms with Crippen molar-refractivity contribution >= 4 is 29.2 Å². The average Bonchev–Trinajstić information content (AvgIpc) is 3.66. The van der Waals surface area contributed by atoms with Gasteiger partial charge in [-0.2, -0.15) is 0 Å². The lowest BCUT2D eigenvalue weighted by atomic mass is 9.70. The van der Waals surface area contributed by atoms with Gasteiger partial charge in [0.15, 0.2) is 0 Å². The lowest BCUT2D eigenvalue weighted by Crippen LogP contribution is -2.60. The molecule has 3 heterocycles. The molecule has 3 fully saturated rings. The fourth-order valence-electron chi connectivity index (χ4n) is 7.34. The summed E-state index contributed by atoms with van der Waals surface area (Å²) < 4.78 is 12.2. The van der Waals surface area contributed by atoms with E-state index in [4.69, 9.17) is 9.47 Å². The van der Waals surface area contributed by atoms with Crippen LogP contribution in [0.15, 0.2) is 49.6 Å². The van der Waals surface area contributed by atoms with Crippen molar-refractivity contribution in [2.75, 3.05) is 42.6 Å². The Morgan fingerprint density at radius 1 is 1.16 bits per heavy atom. The summed E-state index contributed by atoms with van der Waals surface area (Å²) >= 11 is 0. The normalized spacial score (nSPS) is 27.0. The van der Waals surface area contributed by atoms with Crippen LogP contribution in [0.25, 0.3) is 0 Å². The molecule has 0 aromatic heterocycles. The number of benzene rings is 1. The number of aliphatic hydroxyl groups excluding tert-OH is 1. The fourth-order valence-corrected chi connectivity index (χ4v) is 7.34. The molecule has 43 heavy (non-hydrogen) atoms. The van der Waals surface area contributed by atoms with Gasteiger partial charge in [-0.3, -0.25) is 14.4 Å². The average molecular weight is 596 g/mol. The van der Waals surface area contributed by atoms with Crippen LogP contribution in [-0.4, -0.2) is 84.4 Å². The molecular weight excluding hydrogens is 546 g/mol. The van der Waals surface area contributed by atoms with Crippen molar-refractivity contribution < 1.29 is 29.0 Å². The molecule has 236 valence electrons. The predicted octanol–water partition coefficient (Wildman–Crippen LogP) is 4.34. The number of aliphatic hydroxyl groups is 1. The number of fused-ring (bicyclic) bond motifs is 1. The largest absolute Gasteiger partial charge is 0.465 e. The first-order chi connectivity index (χ1) is 20.7. The molecule has 3 saturated heterocycles. The van der Waals surface area contributed by atoms with E-state index >= 15 is 0 Å². The minimum absolute atomic E-state index is 0.0813. The summed E-state index contributed by atoms with van der Waals surface area (Å²) in [6.07, 6.45) is 6.05. The summed E-state index contributed by atoms with van der Waals surface area (Å²) in [6, 6.07) is 6.22. The number of allylic oxidation sites excluding steroid dienone is 1. The molecule has 1 N–H and O–H groups in total. The molecule has 2 unspecified atom stereocenters. The molecule has 1 aromatic carbocycles. The lowest BCUT2D eigenvalue weighted by molar-refractivity contribution is -0.156. The third kappa shape index (κ3) is 5.86. The molecule has 0 aliphatic carbocycles. The SMILES string of the molecule is C=CCCCOC(=O)[C@@H]1[C@@H]2CCC3(O2)C(C(=O)N(CC=C)c2ccc(N(CC)CC)cc2)N([C@@H](CO)[C@@H](C)CC)C(=O)[C@H]13. The summed E-state index contributed by atoms with van der Waals surface area (Å²) in [5, 5.41) is 10.6. The van der Waals surface area contributed by atoms with Gasteiger partial charge in [0.2, 0.25) is 5.91 Å². The molecule has 1 aromatic rings. The maximum Gasteiger partial charge on any atom is 0.312 e. The van der Waals surface area contributed by atoms with Crippen LogP contribution < -0.4 is 9.80 Å². The Labute approximate surface area is 256 Å². The molecule has 9 nitrogen and oxygen atoms in total. The Hall–Kier alpha value is -3.17. The first kappa shape index (κ1) is 32.7. The molecule has 2 amide bonds. The third-order valence-corrected chi connectivity index (χ3v) is 9.75. The number of nitrogens with zero attached hydrogens (tertiary/aromatic N) is 3. The van der Waals surface area contributed by atoms with E-state index in [1.54, 1.807) is 22.0 Å². The van der Waals surface area contributed by atoms with Crippen LogP contribution in [0.1, 0.15) is 59.8 Å². The number of esters is 1. The highest BCUT2D eigenvalue weighted by atomic mass is 16.6. The molecule has 3 aliphatic rings. The number of carbonyl (C=O) groups is 3. The first-order valence-electron chi connectivity index (χ1n) is 15.9. The van der Waals surface area contributed by atoms with Crippen LogP contribution >= 0.6 is 0 Å². The van der Waals surface area contributed by atoms with Gasteiger partial charge in [0, 0.05) is 31.0 Å². The summed E-state index contributed by atoms with van der Waals surface area (Å²) in [5.74, 6) is -2.79. The topological polar surface area (TPSA) is 99.6 Å². The highest BCUT2D eigenvalue weighted by Gasteiger charge is 2.75. The highest BCUT2D eigenvalue weighted by Crippen LogP contribution is 2.59. The van der Waals surface area contributed by atoms with Crippen molar-refractivity contribution in [2.24, 2.45) is 17.8 Å². The number of carbonyl (C=O) groups excluding carboxylic acids is 3. The van der Waals surface area contributed by atoms with E-state index in [0.29, 0.717) is 31.4 Å². The van der Waals surface area contributed by atoms with Gasteiger partial charge in [-0.05, 0) is 69.7 Å². The Kier molecular flexibility index (Phi) is 10.7. The van der Waals surface area contributed by atoms with E-state index in [9.17, 15) is 19.5 Å². The third-order valence-electron chi connectivity index (χ3n) is 9.75. The molecular formula is C34H49N3O6. The number of unbranched alkanes of at least 4 members (excludes halogenated alkanes) is 1. The van der Waals surface area contributed by atoms with Crippen LogP contribution in [0.5, 0.6) is 0 Å². The molecule has 4 rings (SSSR count). The Morgan fingerprint density at radius 2 is 1.84 bits per heavy atom. The quantitative estimate of drug-likeness (QED) is 0.172. The van der Waals surface area contributed by atoms with Crippen molar-refractivity contribution in [3.8, 4) is 0 Å². The second kappa shape index (κ2) is 14.1. The zero-order valence-corrected chi connectivity index (χ0v) is 26.2. The number of amides is 2. The van der Waals surface area contributed by atoms with E-state index in [1.807, 2.05) is 38.1 Å². The monoisotopic (exact) mass is 595 g/mol. The van der Waals surface area contributed by atoms with Gasteiger partial charge in [-0.15, -0.1) is 13.2 Å². The van der Waals surface area contributed by atoms with E-state index < -0.39 is 41.6 Å². The molecule has 0 radical (unpaired) electrons. The Balaban J connectivity index is 1.75. The molecule has 0 saturated carbocycles. The molecule has 9 heteroatoms. The second-order valence-corrected chi connectivity index (χ2v) is 12.0. The van der Waals surface area contributed by atoms with Gasteiger partial charge in [0.05, 0.1) is 37.2 Å². The summed E-state index contributed by atoms with van der Waals surface area (Å²) in [6.45, 7) is 17.7. The van der Waals surface area contributed by atoms with E-state index in [1.165, 1.54) is 0 Å². The van der Waals surface area contributed by atoms with E-state index in [-0.39, 0.29) is 37.5 Å². The lowest BCUT2D eigenvalue weighted by Gasteiger charge is -2.41. The van der Waals surface area contributed by atoms with Gasteiger partial charge in [0.1, 0.15) is 11.6 Å². The Bertz CT molecular complexity index is 1170. The number of rotatable bonds is 16. The van der Waals surface area contributed by atoms with Crippen molar-refractivity contribution in [3.05, 3.63) is 49.6 Å². The van der Waals surface area contributed by atoms with Crippen LogP contribution in [0, 0.1) is 17.8 Å². The number of ether oxygens (including phenoxy) is 2. The van der Waals surface area contributed by atoms with Crippen LogP contribution in [-0.2, 0) is 23.9 Å². The molecule has 3 aliphatic heterocycles. The van der Waals surface area contributed by atoms with Crippen molar-refractivity contribution in [3.63, 3.8) is 0 Å². The second-order valence-electron chi connectivity index (χ2n) is 12.0. The zero-order chi connectivity index (χ0) is 31.3. The van der Waals surface area contributed by atoms with Gasteiger partial charge >= 0.3 is 5.97 Å². The summed E-state index contributed by atoms with van der Waals surface area (Å²) in [7, 11) is 0. The number of anilines is 2. The van der Waals surface area contributed by atoms with E-state index in [2.05, 4.69) is 31.9 Å². The first-order valence-corrected chi connectivity index (χ1v) is 15.9. The zero-order valence-electron chi connectivity index (χ0n) is 26.2. The number of hydrogen-bond donors (Lipinski definition) is 1. The fraction of sp³-hybridized carbons (Fsp3) is 0.618. The maximum atomic E-state index is 14.8. The molecule has 7 atom stereocenters. The number of likely N-dealkylation sites (tertiary alicyclic amines) is 1. The van der Waals surface area contributed by atoms with Gasteiger partial charge in [-0.1, -0.05) is 32.4 Å². The predicted molar refractivity (Wildman–Crippen MR) is 168 cm³/mol. The van der Waals surface area contributed by atoms with Crippen LogP contribution in [0.2, 0.25) is 0 Å². The van der Waals surface area contributed by atoms with Crippen molar-refractivity contribution in [1.29, 1.82) is 0 Å². The molecule has 2 bridgehead atoms. The van der Waals surface area contributed by atoms with Gasteiger partial charge in [-0.25, -0.2) is 0 Å². The number of hydrogen-bond acceptors (Lipinski definition) is 7.